The number of aryl methyl sites for hydroxylation is 2. The lowest BCUT2D eigenvalue weighted by Crippen LogP contribution is -3.22. The molecule has 1 aliphatic heterocycles. The Bertz CT molecular complexity index is 679. The molecule has 136 valence electrons. The van der Waals surface area contributed by atoms with Gasteiger partial charge in [-0.15, -0.1) is 0 Å². The molecule has 6 heteroatoms. The molecule has 1 aliphatic rings. The predicted octanol–water partition coefficient (Wildman–Crippen LogP) is 0.892. The molecule has 24 heavy (non-hydrogen) atoms. The molecule has 0 saturated carbocycles. The van der Waals surface area contributed by atoms with Crippen molar-refractivity contribution in [1.82, 2.24) is 4.72 Å². The molecule has 1 aromatic carbocycles. The maximum Gasteiger partial charge on any atom is 0.241 e. The van der Waals surface area contributed by atoms with Gasteiger partial charge in [0.15, 0.2) is 0 Å². The zero-order chi connectivity index (χ0) is 18.1. The highest BCUT2D eigenvalue weighted by molar-refractivity contribution is 7.89. The molecule has 1 fully saturated rings. The molecular weight excluding hydrogens is 324 g/mol. The minimum Gasteiger partial charge on any atom is -0.370 e. The normalized spacial score (nSPS) is 17.2. The standard InChI is InChI=1S/C18H30N2O3S/c1-13-11-14(2)16(4)17(15(13)3)24(21,22)19-12-18(5,6)20-7-9-23-10-8-20/h11,19H,7-10,12H2,1-6H3/p+1. The average molecular weight is 356 g/mol. The number of sulfonamides is 1. The van der Waals surface area contributed by atoms with Crippen molar-refractivity contribution in [2.75, 3.05) is 32.8 Å². The van der Waals surface area contributed by atoms with E-state index in [-0.39, 0.29) is 5.54 Å². The van der Waals surface area contributed by atoms with Crippen LogP contribution >= 0.6 is 0 Å². The molecule has 0 aromatic heterocycles. The van der Waals surface area contributed by atoms with Gasteiger partial charge < -0.3 is 9.64 Å². The predicted molar refractivity (Wildman–Crippen MR) is 96.2 cm³/mol. The first-order chi connectivity index (χ1) is 11.1. The first kappa shape index (κ1) is 19.4. The second-order valence-electron chi connectivity index (χ2n) is 7.51. The third-order valence-corrected chi connectivity index (χ3v) is 7.00. The zero-order valence-electron chi connectivity index (χ0n) is 15.7. The highest BCUT2D eigenvalue weighted by Crippen LogP contribution is 2.25. The number of quaternary nitrogens is 1. The van der Waals surface area contributed by atoms with Gasteiger partial charge in [0, 0.05) is 0 Å². The Morgan fingerprint density at radius 3 is 2.08 bits per heavy atom. The van der Waals surface area contributed by atoms with Crippen molar-refractivity contribution in [3.05, 3.63) is 28.3 Å². The van der Waals surface area contributed by atoms with E-state index < -0.39 is 10.0 Å². The molecule has 0 amide bonds. The Kier molecular flexibility index (Phi) is 5.75. The van der Waals surface area contributed by atoms with E-state index in [1.807, 2.05) is 33.8 Å². The number of hydrogen-bond donors (Lipinski definition) is 2. The Morgan fingerprint density at radius 1 is 1.08 bits per heavy atom. The molecule has 1 aromatic rings. The van der Waals surface area contributed by atoms with Crippen LogP contribution in [0, 0.1) is 27.7 Å². The van der Waals surface area contributed by atoms with E-state index in [1.54, 1.807) is 0 Å². The summed E-state index contributed by atoms with van der Waals surface area (Å²) in [4.78, 5) is 1.82. The summed E-state index contributed by atoms with van der Waals surface area (Å²) in [5.74, 6) is 0. The number of ether oxygens (including phenoxy) is 1. The topological polar surface area (TPSA) is 59.8 Å². The molecule has 1 saturated heterocycles. The van der Waals surface area contributed by atoms with Crippen molar-refractivity contribution >= 4 is 10.0 Å². The van der Waals surface area contributed by atoms with Crippen molar-refractivity contribution in [2.45, 2.75) is 52.0 Å². The molecule has 0 atom stereocenters. The van der Waals surface area contributed by atoms with Crippen LogP contribution in [0.4, 0.5) is 0 Å². The summed E-state index contributed by atoms with van der Waals surface area (Å²) in [7, 11) is -3.53. The fraction of sp³-hybridized carbons (Fsp3) is 0.667. The van der Waals surface area contributed by atoms with Crippen LogP contribution in [0.1, 0.15) is 36.1 Å². The lowest BCUT2D eigenvalue weighted by molar-refractivity contribution is -0.954. The van der Waals surface area contributed by atoms with Crippen molar-refractivity contribution in [1.29, 1.82) is 0 Å². The van der Waals surface area contributed by atoms with Crippen LogP contribution in [0.25, 0.3) is 0 Å². The minimum absolute atomic E-state index is 0.169. The van der Waals surface area contributed by atoms with Gasteiger partial charge in [-0.2, -0.15) is 0 Å². The van der Waals surface area contributed by atoms with Gasteiger partial charge in [0.2, 0.25) is 10.0 Å². The molecule has 0 unspecified atom stereocenters. The van der Waals surface area contributed by atoms with Crippen LogP contribution < -0.4 is 9.62 Å². The molecular formula is C18H31N2O3S+. The van der Waals surface area contributed by atoms with E-state index >= 15 is 0 Å². The Hall–Kier alpha value is -0.950. The maximum absolute atomic E-state index is 13.0. The van der Waals surface area contributed by atoms with Crippen molar-refractivity contribution in [3.8, 4) is 0 Å². The van der Waals surface area contributed by atoms with Crippen LogP contribution in [0.2, 0.25) is 0 Å². The third kappa shape index (κ3) is 3.99. The smallest absolute Gasteiger partial charge is 0.241 e. The van der Waals surface area contributed by atoms with Crippen molar-refractivity contribution < 1.29 is 18.1 Å². The highest BCUT2D eigenvalue weighted by Gasteiger charge is 2.34. The van der Waals surface area contributed by atoms with Gasteiger partial charge in [-0.3, -0.25) is 0 Å². The molecule has 5 nitrogen and oxygen atoms in total. The molecule has 2 N–H and O–H groups in total. The summed E-state index contributed by atoms with van der Waals surface area (Å²) in [5.41, 5.74) is 3.52. The minimum atomic E-state index is -3.53. The molecule has 0 aliphatic carbocycles. The van der Waals surface area contributed by atoms with Crippen LogP contribution in [-0.2, 0) is 14.8 Å². The van der Waals surface area contributed by atoms with E-state index in [2.05, 4.69) is 18.6 Å². The van der Waals surface area contributed by atoms with Gasteiger partial charge in [-0.1, -0.05) is 6.07 Å². The van der Waals surface area contributed by atoms with Crippen LogP contribution in [0.3, 0.4) is 0 Å². The third-order valence-electron chi connectivity index (χ3n) is 5.32. The number of rotatable bonds is 5. The summed E-state index contributed by atoms with van der Waals surface area (Å²) in [6, 6.07) is 2.05. The van der Waals surface area contributed by atoms with Crippen LogP contribution in [0.15, 0.2) is 11.0 Å². The first-order valence-electron chi connectivity index (χ1n) is 8.56. The van der Waals surface area contributed by atoms with Gasteiger partial charge in [0.1, 0.15) is 18.6 Å². The molecule has 2 rings (SSSR count). The Morgan fingerprint density at radius 2 is 1.58 bits per heavy atom. The Labute approximate surface area is 146 Å². The quantitative estimate of drug-likeness (QED) is 0.825. The second kappa shape index (κ2) is 7.12. The summed E-state index contributed by atoms with van der Waals surface area (Å²) in [6.07, 6.45) is 0. The van der Waals surface area contributed by atoms with Gasteiger partial charge >= 0.3 is 0 Å². The van der Waals surface area contributed by atoms with E-state index in [9.17, 15) is 8.42 Å². The van der Waals surface area contributed by atoms with E-state index in [0.717, 1.165) is 48.6 Å². The van der Waals surface area contributed by atoms with Gasteiger partial charge in [0.25, 0.3) is 0 Å². The van der Waals surface area contributed by atoms with E-state index in [0.29, 0.717) is 11.4 Å². The maximum atomic E-state index is 13.0. The van der Waals surface area contributed by atoms with Crippen LogP contribution in [0.5, 0.6) is 0 Å². The number of hydrogen-bond acceptors (Lipinski definition) is 3. The van der Waals surface area contributed by atoms with Crippen molar-refractivity contribution in [3.63, 3.8) is 0 Å². The summed E-state index contributed by atoms with van der Waals surface area (Å²) >= 11 is 0. The Balaban J connectivity index is 2.23. The number of benzene rings is 1. The first-order valence-corrected chi connectivity index (χ1v) is 10.0. The monoisotopic (exact) mass is 355 g/mol. The second-order valence-corrected chi connectivity index (χ2v) is 9.22. The fourth-order valence-electron chi connectivity index (χ4n) is 3.35. The molecule has 0 bridgehead atoms. The van der Waals surface area contributed by atoms with Gasteiger partial charge in [-0.25, -0.2) is 13.1 Å². The van der Waals surface area contributed by atoms with Crippen LogP contribution in [-0.4, -0.2) is 46.8 Å². The highest BCUT2D eigenvalue weighted by atomic mass is 32.2. The average Bonchev–Trinajstić information content (AvgIpc) is 2.52. The van der Waals surface area contributed by atoms with E-state index in [1.165, 1.54) is 4.90 Å². The van der Waals surface area contributed by atoms with E-state index in [4.69, 9.17) is 4.74 Å². The van der Waals surface area contributed by atoms with Gasteiger partial charge in [0.05, 0.1) is 24.7 Å². The lowest BCUT2D eigenvalue weighted by Gasteiger charge is -2.37. The zero-order valence-corrected chi connectivity index (χ0v) is 16.6. The van der Waals surface area contributed by atoms with Crippen molar-refractivity contribution in [2.24, 2.45) is 0 Å². The number of nitrogens with one attached hydrogen (secondary N) is 2. The molecule has 0 radical (unpaired) electrons. The summed E-state index contributed by atoms with van der Waals surface area (Å²) in [5, 5.41) is 0. The fourth-order valence-corrected chi connectivity index (χ4v) is 5.17. The summed E-state index contributed by atoms with van der Waals surface area (Å²) in [6.45, 7) is 15.6. The summed E-state index contributed by atoms with van der Waals surface area (Å²) < 4.78 is 34.2. The number of morpholine rings is 1. The van der Waals surface area contributed by atoms with Gasteiger partial charge in [-0.05, 0) is 63.8 Å². The lowest BCUT2D eigenvalue weighted by atomic mass is 10.0. The largest absolute Gasteiger partial charge is 0.370 e. The molecule has 0 spiro atoms. The SMILES string of the molecule is Cc1cc(C)c(C)c(S(=O)(=O)NCC(C)(C)[NH+]2CCOCC2)c1C. The molecule has 1 heterocycles.